The van der Waals surface area contributed by atoms with E-state index in [4.69, 9.17) is 9.47 Å². The van der Waals surface area contributed by atoms with Crippen LogP contribution < -0.4 is 5.32 Å². The molecule has 0 bridgehead atoms. The zero-order valence-corrected chi connectivity index (χ0v) is 14.0. The second-order valence-electron chi connectivity index (χ2n) is 5.95. The molecule has 21 heavy (non-hydrogen) atoms. The van der Waals surface area contributed by atoms with Crippen LogP contribution in [0.15, 0.2) is 0 Å². The Morgan fingerprint density at radius 3 is 2.05 bits per heavy atom. The number of ether oxygens (including phenoxy) is 2. The van der Waals surface area contributed by atoms with Crippen molar-refractivity contribution in [3.05, 3.63) is 0 Å². The Balaban J connectivity index is 2.85. The van der Waals surface area contributed by atoms with Crippen molar-refractivity contribution in [2.45, 2.75) is 77.8 Å². The van der Waals surface area contributed by atoms with Crippen LogP contribution in [0, 0.1) is 5.92 Å². The Morgan fingerprint density at radius 2 is 1.62 bits per heavy atom. The van der Waals surface area contributed by atoms with Gasteiger partial charge in [0.25, 0.3) is 0 Å². The lowest BCUT2D eigenvalue weighted by atomic mass is 9.79. The molecular formula is C16H29NO4. The van der Waals surface area contributed by atoms with E-state index in [-0.39, 0.29) is 29.8 Å². The van der Waals surface area contributed by atoms with Crippen LogP contribution in [-0.4, -0.2) is 29.8 Å². The molecule has 1 rings (SSSR count). The summed E-state index contributed by atoms with van der Waals surface area (Å²) in [5, 5.41) is 3.74. The highest BCUT2D eigenvalue weighted by Crippen LogP contribution is 2.44. The maximum atomic E-state index is 12.4. The second-order valence-corrected chi connectivity index (χ2v) is 5.95. The molecule has 1 fully saturated rings. The zero-order valence-electron chi connectivity index (χ0n) is 14.0. The van der Waals surface area contributed by atoms with Gasteiger partial charge >= 0.3 is 11.9 Å². The summed E-state index contributed by atoms with van der Waals surface area (Å²) >= 11 is 0. The third kappa shape index (κ3) is 3.76. The number of nitrogens with one attached hydrogen (secondary N) is 1. The summed E-state index contributed by atoms with van der Waals surface area (Å²) in [5.41, 5.74) is -0.226. The predicted molar refractivity (Wildman–Crippen MR) is 80.6 cm³/mol. The van der Waals surface area contributed by atoms with Gasteiger partial charge in [0.1, 0.15) is 0 Å². The summed E-state index contributed by atoms with van der Waals surface area (Å²) in [7, 11) is 0. The molecule has 0 aliphatic carbocycles. The first-order chi connectivity index (χ1) is 9.88. The van der Waals surface area contributed by atoms with Gasteiger partial charge in [0.2, 0.25) is 6.79 Å². The average Bonchev–Trinajstić information content (AvgIpc) is 2.83. The Labute approximate surface area is 127 Å². The van der Waals surface area contributed by atoms with E-state index in [0.717, 1.165) is 32.1 Å². The fraction of sp³-hybridized carbons (Fsp3) is 0.875. The number of esters is 2. The van der Waals surface area contributed by atoms with Crippen molar-refractivity contribution < 1.29 is 19.1 Å². The molecule has 0 amide bonds. The van der Waals surface area contributed by atoms with Crippen molar-refractivity contribution in [2.24, 2.45) is 5.92 Å². The second kappa shape index (κ2) is 7.25. The number of carbonyl (C=O) groups excluding carboxylic acids is 2. The predicted octanol–water partition coefficient (Wildman–Crippen LogP) is 2.78. The van der Waals surface area contributed by atoms with E-state index in [9.17, 15) is 9.59 Å². The molecule has 1 aliphatic rings. The van der Waals surface area contributed by atoms with E-state index in [2.05, 4.69) is 33.0 Å². The van der Waals surface area contributed by atoms with Gasteiger partial charge < -0.3 is 14.8 Å². The van der Waals surface area contributed by atoms with Crippen molar-refractivity contribution in [3.63, 3.8) is 0 Å². The standard InChI is InChI=1S/C16H29NO4/c1-6-15(7-2)10-13(16(8-3,9-4)17-15)14(19)21-11-20-12(5)18/h13,17H,6-11H2,1-5H3. The molecule has 1 saturated heterocycles. The number of carbonyl (C=O) groups is 2. The van der Waals surface area contributed by atoms with Gasteiger partial charge in [-0.2, -0.15) is 0 Å². The third-order valence-electron chi connectivity index (χ3n) is 5.14. The molecule has 1 N–H and O–H groups in total. The van der Waals surface area contributed by atoms with E-state index in [1.165, 1.54) is 6.92 Å². The van der Waals surface area contributed by atoms with Crippen LogP contribution in [0.2, 0.25) is 0 Å². The molecule has 1 heterocycles. The zero-order chi connectivity index (χ0) is 16.1. The summed E-state index contributed by atoms with van der Waals surface area (Å²) in [5.74, 6) is -0.903. The lowest BCUT2D eigenvalue weighted by molar-refractivity contribution is -0.170. The molecule has 1 atom stereocenters. The van der Waals surface area contributed by atoms with Gasteiger partial charge in [0.05, 0.1) is 5.92 Å². The van der Waals surface area contributed by atoms with Gasteiger partial charge in [-0.1, -0.05) is 27.7 Å². The Kier molecular flexibility index (Phi) is 6.20. The van der Waals surface area contributed by atoms with Crippen LogP contribution in [0.5, 0.6) is 0 Å². The van der Waals surface area contributed by atoms with Crippen LogP contribution in [0.25, 0.3) is 0 Å². The first-order valence-electron chi connectivity index (χ1n) is 7.98. The van der Waals surface area contributed by atoms with Gasteiger partial charge in [-0.25, -0.2) is 0 Å². The Hall–Kier alpha value is -1.10. The van der Waals surface area contributed by atoms with E-state index < -0.39 is 5.97 Å². The molecule has 0 radical (unpaired) electrons. The largest absolute Gasteiger partial charge is 0.428 e. The first kappa shape index (κ1) is 18.0. The van der Waals surface area contributed by atoms with E-state index in [0.29, 0.717) is 0 Å². The topological polar surface area (TPSA) is 64.6 Å². The highest BCUT2D eigenvalue weighted by molar-refractivity contribution is 5.75. The normalized spacial score (nSPS) is 22.8. The van der Waals surface area contributed by atoms with E-state index in [1.807, 2.05) is 0 Å². The summed E-state index contributed by atoms with van der Waals surface area (Å²) in [4.78, 5) is 23.2. The molecule has 5 heteroatoms. The molecule has 1 unspecified atom stereocenters. The number of rotatable bonds is 7. The van der Waals surface area contributed by atoms with Crippen molar-refractivity contribution in [2.75, 3.05) is 6.79 Å². The Morgan fingerprint density at radius 1 is 1.05 bits per heavy atom. The minimum Gasteiger partial charge on any atom is -0.428 e. The maximum absolute atomic E-state index is 12.4. The van der Waals surface area contributed by atoms with Crippen molar-refractivity contribution in [1.29, 1.82) is 0 Å². The van der Waals surface area contributed by atoms with E-state index >= 15 is 0 Å². The SMILES string of the molecule is CCC1(CC)CC(C(=O)OCOC(C)=O)C(CC)(CC)N1. The van der Waals surface area contributed by atoms with Crippen molar-refractivity contribution in [1.82, 2.24) is 5.32 Å². The molecule has 0 aromatic carbocycles. The molecular weight excluding hydrogens is 270 g/mol. The van der Waals surface area contributed by atoms with Crippen LogP contribution >= 0.6 is 0 Å². The molecule has 0 saturated carbocycles. The first-order valence-corrected chi connectivity index (χ1v) is 7.98. The fourth-order valence-electron chi connectivity index (χ4n) is 3.47. The van der Waals surface area contributed by atoms with Crippen LogP contribution in [-0.2, 0) is 19.1 Å². The van der Waals surface area contributed by atoms with Gasteiger partial charge in [-0.3, -0.25) is 9.59 Å². The van der Waals surface area contributed by atoms with Crippen LogP contribution in [0.3, 0.4) is 0 Å². The molecule has 0 spiro atoms. The van der Waals surface area contributed by atoms with Gasteiger partial charge in [0.15, 0.2) is 0 Å². The third-order valence-corrected chi connectivity index (χ3v) is 5.14. The van der Waals surface area contributed by atoms with Crippen molar-refractivity contribution >= 4 is 11.9 Å². The van der Waals surface area contributed by atoms with E-state index in [1.54, 1.807) is 0 Å². The Bertz CT molecular complexity index is 372. The van der Waals surface area contributed by atoms with Crippen LogP contribution in [0.1, 0.15) is 66.7 Å². The highest BCUT2D eigenvalue weighted by atomic mass is 16.7. The van der Waals surface area contributed by atoms with Crippen LogP contribution in [0.4, 0.5) is 0 Å². The molecule has 0 aromatic rings. The van der Waals surface area contributed by atoms with Gasteiger partial charge in [-0.15, -0.1) is 0 Å². The maximum Gasteiger partial charge on any atom is 0.313 e. The summed E-state index contributed by atoms with van der Waals surface area (Å²) in [6, 6.07) is 0. The molecule has 5 nitrogen and oxygen atoms in total. The highest BCUT2D eigenvalue weighted by Gasteiger charge is 2.54. The van der Waals surface area contributed by atoms with Gasteiger partial charge in [-0.05, 0) is 32.1 Å². The molecule has 0 aromatic heterocycles. The monoisotopic (exact) mass is 299 g/mol. The minimum absolute atomic E-state index is 0.00284. The number of hydrogen-bond acceptors (Lipinski definition) is 5. The lowest BCUT2D eigenvalue weighted by Crippen LogP contribution is -2.52. The summed E-state index contributed by atoms with van der Waals surface area (Å²) < 4.78 is 9.87. The minimum atomic E-state index is -0.443. The quantitative estimate of drug-likeness (QED) is 0.578. The average molecular weight is 299 g/mol. The summed E-state index contributed by atoms with van der Waals surface area (Å²) in [6.07, 6.45) is 4.50. The van der Waals surface area contributed by atoms with Crippen molar-refractivity contribution in [3.8, 4) is 0 Å². The number of hydrogen-bond donors (Lipinski definition) is 1. The molecule has 122 valence electrons. The molecule has 1 aliphatic heterocycles. The smallest absolute Gasteiger partial charge is 0.313 e. The van der Waals surface area contributed by atoms with Gasteiger partial charge in [0, 0.05) is 18.0 Å². The fourth-order valence-corrected chi connectivity index (χ4v) is 3.47. The lowest BCUT2D eigenvalue weighted by Gasteiger charge is -2.35. The summed E-state index contributed by atoms with van der Waals surface area (Å²) in [6.45, 7) is 9.51.